The minimum Gasteiger partial charge on any atom is -0.344 e. The van der Waals surface area contributed by atoms with Crippen molar-refractivity contribution in [2.24, 2.45) is 0 Å². The smallest absolute Gasteiger partial charge is 0.265 e. The number of rotatable bonds is 7. The molecule has 0 spiro atoms. The summed E-state index contributed by atoms with van der Waals surface area (Å²) in [4.78, 5) is 49.5. The molecule has 8 nitrogen and oxygen atoms in total. The SMILES string of the molecule is Cc1nc(NC(=O)Cc2cc(=O)[nH]c(SCc3ccc(F)cc3)n2)sc1C(=O)N(C)C. The molecule has 2 heterocycles. The average molecular weight is 462 g/mol. The third-order valence-corrected chi connectivity index (χ3v) is 6.05. The molecular weight excluding hydrogens is 441 g/mol. The monoisotopic (exact) mass is 461 g/mol. The van der Waals surface area contributed by atoms with Gasteiger partial charge in [-0.1, -0.05) is 35.2 Å². The van der Waals surface area contributed by atoms with Gasteiger partial charge in [0, 0.05) is 25.9 Å². The van der Waals surface area contributed by atoms with E-state index in [1.54, 1.807) is 33.2 Å². The molecule has 0 aliphatic carbocycles. The Morgan fingerprint density at radius 3 is 2.61 bits per heavy atom. The van der Waals surface area contributed by atoms with Gasteiger partial charge in [0.05, 0.1) is 17.8 Å². The van der Waals surface area contributed by atoms with Gasteiger partial charge in [-0.05, 0) is 24.6 Å². The molecule has 0 aliphatic heterocycles. The van der Waals surface area contributed by atoms with Gasteiger partial charge in [-0.2, -0.15) is 0 Å². The number of aromatic nitrogens is 3. The van der Waals surface area contributed by atoms with Crippen LogP contribution in [0.15, 0.2) is 40.3 Å². The maximum atomic E-state index is 13.0. The largest absolute Gasteiger partial charge is 0.344 e. The number of anilines is 1. The van der Waals surface area contributed by atoms with Crippen molar-refractivity contribution in [1.29, 1.82) is 0 Å². The van der Waals surface area contributed by atoms with E-state index in [1.165, 1.54) is 34.9 Å². The zero-order valence-corrected chi connectivity index (χ0v) is 18.7. The van der Waals surface area contributed by atoms with Crippen LogP contribution in [0.25, 0.3) is 0 Å². The zero-order chi connectivity index (χ0) is 22.5. The fraction of sp³-hybridized carbons (Fsp3) is 0.250. The lowest BCUT2D eigenvalue weighted by atomic mass is 10.2. The van der Waals surface area contributed by atoms with E-state index in [9.17, 15) is 18.8 Å². The van der Waals surface area contributed by atoms with E-state index in [2.05, 4.69) is 20.3 Å². The number of hydrogen-bond acceptors (Lipinski definition) is 7. The van der Waals surface area contributed by atoms with Crippen molar-refractivity contribution in [3.05, 3.63) is 68.3 Å². The Morgan fingerprint density at radius 2 is 1.94 bits per heavy atom. The molecule has 0 radical (unpaired) electrons. The minimum atomic E-state index is -0.398. The maximum absolute atomic E-state index is 13.0. The van der Waals surface area contributed by atoms with Crippen LogP contribution in [0.1, 0.15) is 26.6 Å². The van der Waals surface area contributed by atoms with Gasteiger partial charge in [0.15, 0.2) is 10.3 Å². The van der Waals surface area contributed by atoms with Crippen LogP contribution in [0.2, 0.25) is 0 Å². The van der Waals surface area contributed by atoms with Crippen molar-refractivity contribution < 1.29 is 14.0 Å². The molecule has 1 aromatic carbocycles. The molecule has 3 rings (SSSR count). The number of thioether (sulfide) groups is 1. The highest BCUT2D eigenvalue weighted by Gasteiger charge is 2.18. The molecule has 11 heteroatoms. The molecule has 0 saturated heterocycles. The van der Waals surface area contributed by atoms with Gasteiger partial charge in [0.25, 0.3) is 11.5 Å². The topological polar surface area (TPSA) is 108 Å². The molecule has 0 unspecified atom stereocenters. The second kappa shape index (κ2) is 9.84. The second-order valence-corrected chi connectivity index (χ2v) is 8.78. The summed E-state index contributed by atoms with van der Waals surface area (Å²) < 4.78 is 13.0. The van der Waals surface area contributed by atoms with E-state index in [0.29, 0.717) is 32.3 Å². The van der Waals surface area contributed by atoms with Gasteiger partial charge in [0.2, 0.25) is 5.91 Å². The summed E-state index contributed by atoms with van der Waals surface area (Å²) in [5, 5.41) is 3.32. The Balaban J connectivity index is 1.65. The summed E-state index contributed by atoms with van der Waals surface area (Å²) in [5.41, 5.74) is 1.34. The van der Waals surface area contributed by atoms with Crippen LogP contribution in [0, 0.1) is 12.7 Å². The predicted molar refractivity (Wildman–Crippen MR) is 118 cm³/mol. The number of aromatic amines is 1. The molecule has 0 saturated carbocycles. The van der Waals surface area contributed by atoms with E-state index in [0.717, 1.165) is 16.9 Å². The highest BCUT2D eigenvalue weighted by atomic mass is 32.2. The standard InChI is InChI=1S/C20H20FN5O3S2/c1-11-17(18(29)26(2)3)31-20(22-11)25-16(28)9-14-8-15(27)24-19(23-14)30-10-12-4-6-13(21)7-5-12/h4-8H,9-10H2,1-3H3,(H,22,25,28)(H,23,24,27). The van der Waals surface area contributed by atoms with Crippen LogP contribution in [0.4, 0.5) is 9.52 Å². The summed E-state index contributed by atoms with van der Waals surface area (Å²) in [5.74, 6) is -0.415. The molecule has 31 heavy (non-hydrogen) atoms. The second-order valence-electron chi connectivity index (χ2n) is 6.82. The van der Waals surface area contributed by atoms with Gasteiger partial charge >= 0.3 is 0 Å². The van der Waals surface area contributed by atoms with Gasteiger partial charge in [-0.25, -0.2) is 14.4 Å². The van der Waals surface area contributed by atoms with Crippen molar-refractivity contribution >= 4 is 40.0 Å². The summed E-state index contributed by atoms with van der Waals surface area (Å²) in [6.07, 6.45) is -0.121. The first-order valence-electron chi connectivity index (χ1n) is 9.17. The number of carbonyl (C=O) groups excluding carboxylic acids is 2. The first kappa shape index (κ1) is 22.6. The van der Waals surface area contributed by atoms with Crippen LogP contribution in [-0.4, -0.2) is 45.8 Å². The van der Waals surface area contributed by atoms with Crippen LogP contribution in [-0.2, 0) is 17.0 Å². The molecule has 2 N–H and O–H groups in total. The number of thiazole rings is 1. The Bertz CT molecular complexity index is 1160. The van der Waals surface area contributed by atoms with E-state index in [4.69, 9.17) is 0 Å². The number of nitrogens with one attached hydrogen (secondary N) is 2. The number of amides is 2. The molecule has 3 aromatic rings. The lowest BCUT2D eigenvalue weighted by Crippen LogP contribution is -2.21. The highest BCUT2D eigenvalue weighted by Crippen LogP contribution is 2.24. The number of H-pyrrole nitrogens is 1. The van der Waals surface area contributed by atoms with Gasteiger partial charge < -0.3 is 15.2 Å². The Morgan fingerprint density at radius 1 is 1.23 bits per heavy atom. The third-order valence-electron chi connectivity index (χ3n) is 4.05. The Hall–Kier alpha value is -3.05. The quantitative estimate of drug-likeness (QED) is 0.414. The minimum absolute atomic E-state index is 0.121. The van der Waals surface area contributed by atoms with Gasteiger partial charge in [-0.3, -0.25) is 14.4 Å². The molecule has 2 amide bonds. The van der Waals surface area contributed by atoms with Gasteiger partial charge in [-0.15, -0.1) is 0 Å². The van der Waals surface area contributed by atoms with Crippen molar-refractivity contribution in [3.63, 3.8) is 0 Å². The molecule has 162 valence electrons. The Labute approximate surface area is 185 Å². The summed E-state index contributed by atoms with van der Waals surface area (Å²) in [7, 11) is 3.29. The summed E-state index contributed by atoms with van der Waals surface area (Å²) >= 11 is 2.37. The predicted octanol–water partition coefficient (Wildman–Crippen LogP) is 2.85. The van der Waals surface area contributed by atoms with E-state index in [1.807, 2.05) is 0 Å². The number of benzene rings is 1. The maximum Gasteiger partial charge on any atom is 0.265 e. The average Bonchev–Trinajstić information content (AvgIpc) is 3.06. The lowest BCUT2D eigenvalue weighted by molar-refractivity contribution is -0.115. The van der Waals surface area contributed by atoms with Gasteiger partial charge in [0.1, 0.15) is 10.7 Å². The highest BCUT2D eigenvalue weighted by molar-refractivity contribution is 7.98. The van der Waals surface area contributed by atoms with Crippen molar-refractivity contribution in [2.75, 3.05) is 19.4 Å². The van der Waals surface area contributed by atoms with Crippen LogP contribution >= 0.6 is 23.1 Å². The number of halogens is 1. The van der Waals surface area contributed by atoms with Crippen molar-refractivity contribution in [3.8, 4) is 0 Å². The molecule has 0 aliphatic rings. The molecule has 0 bridgehead atoms. The van der Waals surface area contributed by atoms with Crippen molar-refractivity contribution in [2.45, 2.75) is 24.3 Å². The molecular formula is C20H20FN5O3S2. The fourth-order valence-electron chi connectivity index (χ4n) is 2.55. The van der Waals surface area contributed by atoms with Crippen LogP contribution in [0.3, 0.4) is 0 Å². The van der Waals surface area contributed by atoms with E-state index in [-0.39, 0.29) is 23.7 Å². The molecule has 2 aromatic heterocycles. The number of nitrogens with zero attached hydrogens (tertiary/aromatic N) is 3. The normalized spacial score (nSPS) is 10.7. The van der Waals surface area contributed by atoms with Crippen molar-refractivity contribution in [1.82, 2.24) is 19.9 Å². The van der Waals surface area contributed by atoms with Crippen LogP contribution in [0.5, 0.6) is 0 Å². The van der Waals surface area contributed by atoms with Crippen LogP contribution < -0.4 is 10.9 Å². The lowest BCUT2D eigenvalue weighted by Gasteiger charge is -2.07. The first-order chi connectivity index (χ1) is 14.7. The number of hydrogen-bond donors (Lipinski definition) is 2. The van der Waals surface area contributed by atoms with E-state index >= 15 is 0 Å². The zero-order valence-electron chi connectivity index (χ0n) is 17.1. The fourth-order valence-corrected chi connectivity index (χ4v) is 4.41. The molecule has 0 fully saturated rings. The molecule has 0 atom stereocenters. The Kier molecular flexibility index (Phi) is 7.18. The number of aryl methyl sites for hydroxylation is 1. The summed E-state index contributed by atoms with van der Waals surface area (Å²) in [6.45, 7) is 1.70. The third kappa shape index (κ3) is 6.22. The summed E-state index contributed by atoms with van der Waals surface area (Å²) in [6, 6.07) is 7.30. The first-order valence-corrected chi connectivity index (χ1v) is 11.0. The number of carbonyl (C=O) groups is 2. The van der Waals surface area contributed by atoms with E-state index < -0.39 is 5.91 Å².